The fourth-order valence-electron chi connectivity index (χ4n) is 5.00. The van der Waals surface area contributed by atoms with Crippen molar-refractivity contribution < 1.29 is 22.7 Å². The summed E-state index contributed by atoms with van der Waals surface area (Å²) in [5, 5.41) is 3.01. The molecule has 0 bridgehead atoms. The number of carbonyl (C=O) groups is 2. The standard InChI is InChI=1S/C37H42BrN3O5S/c1-5-46-33-19-17-32(18-20-33)41(47(44,45)34-21-11-28(4)12-22-34)26-36(42)40(25-30-13-15-31(38)16-14-30)35(37(43)39-24-27(2)3)23-29-9-7-6-8-10-29/h6-22,27,35H,5,23-26H2,1-4H3,(H,39,43)/t35-/m0/s1. The second-order valence-electron chi connectivity index (χ2n) is 11.7. The molecule has 0 spiro atoms. The van der Waals surface area contributed by atoms with E-state index in [1.165, 1.54) is 17.0 Å². The highest BCUT2D eigenvalue weighted by molar-refractivity contribution is 9.10. The third kappa shape index (κ3) is 9.92. The van der Waals surface area contributed by atoms with Gasteiger partial charge in [-0.3, -0.25) is 13.9 Å². The Labute approximate surface area is 286 Å². The van der Waals surface area contributed by atoms with Gasteiger partial charge in [0.15, 0.2) is 0 Å². The monoisotopic (exact) mass is 719 g/mol. The SMILES string of the molecule is CCOc1ccc(N(CC(=O)N(Cc2ccc(Br)cc2)[C@@H](Cc2ccccc2)C(=O)NCC(C)C)S(=O)(=O)c2ccc(C)cc2)cc1. The number of nitrogens with zero attached hydrogens (tertiary/aromatic N) is 2. The minimum atomic E-state index is -4.19. The first kappa shape index (κ1) is 35.7. The van der Waals surface area contributed by atoms with Crippen molar-refractivity contribution in [3.63, 3.8) is 0 Å². The van der Waals surface area contributed by atoms with E-state index in [2.05, 4.69) is 21.2 Å². The first-order valence-corrected chi connectivity index (χ1v) is 17.9. The maximum atomic E-state index is 14.6. The van der Waals surface area contributed by atoms with Crippen LogP contribution in [0.4, 0.5) is 5.69 Å². The summed E-state index contributed by atoms with van der Waals surface area (Å²) >= 11 is 3.47. The van der Waals surface area contributed by atoms with E-state index in [4.69, 9.17) is 4.74 Å². The van der Waals surface area contributed by atoms with Crippen LogP contribution in [0.15, 0.2) is 112 Å². The van der Waals surface area contributed by atoms with Gasteiger partial charge < -0.3 is 15.0 Å². The molecule has 0 aliphatic rings. The number of benzene rings is 4. The van der Waals surface area contributed by atoms with E-state index in [0.29, 0.717) is 24.6 Å². The average molecular weight is 721 g/mol. The van der Waals surface area contributed by atoms with Gasteiger partial charge in [0.2, 0.25) is 11.8 Å². The Hall–Kier alpha value is -4.15. The number of aryl methyl sites for hydroxylation is 1. The average Bonchev–Trinajstić information content (AvgIpc) is 3.06. The molecule has 0 aliphatic heterocycles. The van der Waals surface area contributed by atoms with Crippen molar-refractivity contribution in [2.24, 2.45) is 5.92 Å². The number of nitrogens with one attached hydrogen (secondary N) is 1. The summed E-state index contributed by atoms with van der Waals surface area (Å²) in [6, 6.07) is 29.2. The van der Waals surface area contributed by atoms with E-state index < -0.39 is 28.5 Å². The van der Waals surface area contributed by atoms with E-state index in [1.54, 1.807) is 36.4 Å². The maximum Gasteiger partial charge on any atom is 0.264 e. The fraction of sp³-hybridized carbons (Fsp3) is 0.297. The molecular weight excluding hydrogens is 678 g/mol. The van der Waals surface area contributed by atoms with Crippen LogP contribution in [-0.4, -0.2) is 50.9 Å². The van der Waals surface area contributed by atoms with Crippen LogP contribution in [0.2, 0.25) is 0 Å². The Balaban J connectivity index is 1.79. The number of amides is 2. The molecular formula is C37H42BrN3O5S. The Bertz CT molecular complexity index is 1710. The highest BCUT2D eigenvalue weighted by atomic mass is 79.9. The van der Waals surface area contributed by atoms with Gasteiger partial charge in [0, 0.05) is 24.0 Å². The highest BCUT2D eigenvalue weighted by Gasteiger charge is 2.34. The van der Waals surface area contributed by atoms with Gasteiger partial charge in [-0.2, -0.15) is 0 Å². The van der Waals surface area contributed by atoms with Gasteiger partial charge in [0.05, 0.1) is 17.2 Å². The topological polar surface area (TPSA) is 96.0 Å². The van der Waals surface area contributed by atoms with Crippen molar-refractivity contribution in [2.75, 3.05) is 24.0 Å². The summed E-state index contributed by atoms with van der Waals surface area (Å²) in [5.74, 6) is -0.0428. The number of ether oxygens (including phenoxy) is 1. The fourth-order valence-corrected chi connectivity index (χ4v) is 6.68. The number of halogens is 1. The quantitative estimate of drug-likeness (QED) is 0.147. The molecule has 47 heavy (non-hydrogen) atoms. The van der Waals surface area contributed by atoms with E-state index >= 15 is 0 Å². The number of rotatable bonds is 15. The second kappa shape index (κ2) is 16.6. The van der Waals surface area contributed by atoms with E-state index in [1.807, 2.05) is 82.3 Å². The van der Waals surface area contributed by atoms with Crippen LogP contribution in [-0.2, 0) is 32.6 Å². The van der Waals surface area contributed by atoms with Crippen LogP contribution >= 0.6 is 15.9 Å². The number of anilines is 1. The molecule has 2 amide bonds. The van der Waals surface area contributed by atoms with Gasteiger partial charge >= 0.3 is 0 Å². The molecule has 4 aromatic rings. The minimum absolute atomic E-state index is 0.0553. The predicted molar refractivity (Wildman–Crippen MR) is 190 cm³/mol. The molecule has 4 rings (SSSR count). The molecule has 1 atom stereocenters. The van der Waals surface area contributed by atoms with Crippen LogP contribution < -0.4 is 14.4 Å². The zero-order valence-electron chi connectivity index (χ0n) is 27.2. The number of hydrogen-bond donors (Lipinski definition) is 1. The first-order chi connectivity index (χ1) is 22.5. The summed E-state index contributed by atoms with van der Waals surface area (Å²) in [4.78, 5) is 30.0. The van der Waals surface area contributed by atoms with E-state index in [-0.39, 0.29) is 29.7 Å². The van der Waals surface area contributed by atoms with Gasteiger partial charge in [-0.05, 0) is 79.4 Å². The number of carbonyl (C=O) groups excluding carboxylic acids is 2. The van der Waals surface area contributed by atoms with Gasteiger partial charge in [-0.25, -0.2) is 8.42 Å². The summed E-state index contributed by atoms with van der Waals surface area (Å²) in [5.41, 5.74) is 2.88. The van der Waals surface area contributed by atoms with Gasteiger partial charge in [-0.1, -0.05) is 89.9 Å². The van der Waals surface area contributed by atoms with Crippen molar-refractivity contribution in [3.8, 4) is 5.75 Å². The van der Waals surface area contributed by atoms with Crippen molar-refractivity contribution in [1.29, 1.82) is 0 Å². The van der Waals surface area contributed by atoms with Crippen LogP contribution in [0.25, 0.3) is 0 Å². The van der Waals surface area contributed by atoms with Crippen LogP contribution in [0.5, 0.6) is 5.75 Å². The third-order valence-electron chi connectivity index (χ3n) is 7.55. The maximum absolute atomic E-state index is 14.6. The molecule has 0 aliphatic carbocycles. The summed E-state index contributed by atoms with van der Waals surface area (Å²) < 4.78 is 36.0. The lowest BCUT2D eigenvalue weighted by Crippen LogP contribution is -2.53. The zero-order valence-corrected chi connectivity index (χ0v) is 29.6. The molecule has 4 aromatic carbocycles. The molecule has 248 valence electrons. The van der Waals surface area contributed by atoms with Crippen molar-refractivity contribution in [3.05, 3.63) is 124 Å². The molecule has 0 fully saturated rings. The molecule has 1 N–H and O–H groups in total. The van der Waals surface area contributed by atoms with E-state index in [0.717, 1.165) is 25.5 Å². The lowest BCUT2D eigenvalue weighted by molar-refractivity contribution is -0.140. The Morgan fingerprint density at radius 2 is 1.49 bits per heavy atom. The predicted octanol–water partition coefficient (Wildman–Crippen LogP) is 6.76. The summed E-state index contributed by atoms with van der Waals surface area (Å²) in [7, 11) is -4.19. The molecule has 0 heterocycles. The van der Waals surface area contributed by atoms with Crippen molar-refractivity contribution in [1.82, 2.24) is 10.2 Å². The van der Waals surface area contributed by atoms with Gasteiger partial charge in [-0.15, -0.1) is 0 Å². The van der Waals surface area contributed by atoms with E-state index in [9.17, 15) is 18.0 Å². The summed E-state index contributed by atoms with van der Waals surface area (Å²) in [6.45, 7) is 8.21. The van der Waals surface area contributed by atoms with Crippen molar-refractivity contribution >= 4 is 43.5 Å². The van der Waals surface area contributed by atoms with Gasteiger partial charge in [0.1, 0.15) is 18.3 Å². The molecule has 8 nitrogen and oxygen atoms in total. The number of sulfonamides is 1. The Kier molecular flexibility index (Phi) is 12.6. The highest BCUT2D eigenvalue weighted by Crippen LogP contribution is 2.27. The third-order valence-corrected chi connectivity index (χ3v) is 9.86. The largest absolute Gasteiger partial charge is 0.494 e. The van der Waals surface area contributed by atoms with Crippen LogP contribution in [0, 0.1) is 12.8 Å². The Morgan fingerprint density at radius 1 is 0.851 bits per heavy atom. The minimum Gasteiger partial charge on any atom is -0.494 e. The van der Waals surface area contributed by atoms with Crippen LogP contribution in [0.1, 0.15) is 37.5 Å². The lowest BCUT2D eigenvalue weighted by Gasteiger charge is -2.34. The second-order valence-corrected chi connectivity index (χ2v) is 14.5. The normalized spacial score (nSPS) is 12.0. The molecule has 0 saturated heterocycles. The molecule has 0 radical (unpaired) electrons. The van der Waals surface area contributed by atoms with Crippen molar-refractivity contribution in [2.45, 2.75) is 51.6 Å². The smallest absolute Gasteiger partial charge is 0.264 e. The zero-order chi connectivity index (χ0) is 34.0. The molecule has 10 heteroatoms. The molecule has 0 unspecified atom stereocenters. The van der Waals surface area contributed by atoms with Gasteiger partial charge in [0.25, 0.3) is 10.0 Å². The molecule has 0 saturated carbocycles. The lowest BCUT2D eigenvalue weighted by atomic mass is 10.0. The molecule has 0 aromatic heterocycles. The Morgan fingerprint density at radius 3 is 2.09 bits per heavy atom. The first-order valence-electron chi connectivity index (χ1n) is 15.7. The van der Waals surface area contributed by atoms with Crippen LogP contribution in [0.3, 0.4) is 0 Å². The summed E-state index contributed by atoms with van der Waals surface area (Å²) in [6.07, 6.45) is 0.251. The number of hydrogen-bond acceptors (Lipinski definition) is 5.